The lowest BCUT2D eigenvalue weighted by Crippen LogP contribution is -2.07. The number of hydrogen-bond donors (Lipinski definition) is 1. The molecule has 0 radical (unpaired) electrons. The quantitative estimate of drug-likeness (QED) is 0.800. The molecule has 0 fully saturated rings. The molecule has 0 spiro atoms. The first-order valence-electron chi connectivity index (χ1n) is 6.14. The minimum atomic E-state index is -0.180. The molecule has 1 unspecified atom stereocenters. The number of halogens is 3. The molecule has 0 bridgehead atoms. The molecule has 0 amide bonds. The highest BCUT2D eigenvalue weighted by molar-refractivity contribution is 6.43. The van der Waals surface area contributed by atoms with Gasteiger partial charge in [-0.2, -0.15) is 0 Å². The van der Waals surface area contributed by atoms with Crippen molar-refractivity contribution in [3.05, 3.63) is 63.4 Å². The molecule has 3 rings (SSSR count). The Labute approximate surface area is 121 Å². The Morgan fingerprint density at radius 2 is 2.00 bits per heavy atom. The molecule has 0 saturated heterocycles. The third-order valence-electron chi connectivity index (χ3n) is 3.46. The smallest absolute Gasteiger partial charge is 0.123 e. The van der Waals surface area contributed by atoms with Gasteiger partial charge in [-0.25, -0.2) is 4.39 Å². The molecule has 2 aromatic carbocycles. The summed E-state index contributed by atoms with van der Waals surface area (Å²) in [6, 6.07) is 10.6. The van der Waals surface area contributed by atoms with Crippen LogP contribution in [-0.2, 0) is 6.42 Å². The third kappa shape index (κ3) is 2.43. The van der Waals surface area contributed by atoms with E-state index in [9.17, 15) is 4.39 Å². The molecule has 0 saturated carbocycles. The lowest BCUT2D eigenvalue weighted by Gasteiger charge is -2.17. The summed E-state index contributed by atoms with van der Waals surface area (Å²) in [4.78, 5) is 0. The minimum absolute atomic E-state index is 0.159. The Morgan fingerprint density at radius 1 is 1.16 bits per heavy atom. The number of nitrogens with one attached hydrogen (secondary N) is 1. The van der Waals surface area contributed by atoms with E-state index >= 15 is 0 Å². The SMILES string of the molecule is Fc1ccc2c(c1)CCC2Nc1cccc(Cl)c1Cl. The molecule has 0 heterocycles. The Hall–Kier alpha value is -1.25. The normalized spacial score (nSPS) is 17.3. The second-order valence-corrected chi connectivity index (χ2v) is 5.47. The van der Waals surface area contributed by atoms with E-state index in [1.54, 1.807) is 12.1 Å². The zero-order valence-electron chi connectivity index (χ0n) is 10.1. The van der Waals surface area contributed by atoms with Gasteiger partial charge in [0.1, 0.15) is 5.82 Å². The maximum Gasteiger partial charge on any atom is 0.123 e. The largest absolute Gasteiger partial charge is 0.377 e. The van der Waals surface area contributed by atoms with E-state index in [0.717, 1.165) is 29.7 Å². The van der Waals surface area contributed by atoms with Gasteiger partial charge in [0.15, 0.2) is 0 Å². The topological polar surface area (TPSA) is 12.0 Å². The fourth-order valence-electron chi connectivity index (χ4n) is 2.54. The predicted octanol–water partition coefficient (Wildman–Crippen LogP) is 5.23. The Bertz CT molecular complexity index is 628. The molecule has 0 aliphatic heterocycles. The summed E-state index contributed by atoms with van der Waals surface area (Å²) in [6.07, 6.45) is 1.81. The highest BCUT2D eigenvalue weighted by atomic mass is 35.5. The van der Waals surface area contributed by atoms with Gasteiger partial charge in [-0.3, -0.25) is 0 Å². The number of rotatable bonds is 2. The van der Waals surface area contributed by atoms with Crippen LogP contribution in [0.3, 0.4) is 0 Å². The summed E-state index contributed by atoms with van der Waals surface area (Å²) in [5, 5.41) is 4.45. The monoisotopic (exact) mass is 295 g/mol. The molecule has 1 atom stereocenters. The molecule has 1 aliphatic carbocycles. The molecular weight excluding hydrogens is 284 g/mol. The van der Waals surface area contributed by atoms with E-state index in [0.29, 0.717) is 10.0 Å². The van der Waals surface area contributed by atoms with Crippen molar-refractivity contribution in [3.63, 3.8) is 0 Å². The molecule has 98 valence electrons. The van der Waals surface area contributed by atoms with Crippen molar-refractivity contribution in [2.45, 2.75) is 18.9 Å². The third-order valence-corrected chi connectivity index (χ3v) is 4.28. The number of anilines is 1. The molecule has 1 aliphatic rings. The first-order valence-corrected chi connectivity index (χ1v) is 6.89. The minimum Gasteiger partial charge on any atom is -0.377 e. The highest BCUT2D eigenvalue weighted by Crippen LogP contribution is 2.37. The van der Waals surface area contributed by atoms with Gasteiger partial charge in [0, 0.05) is 0 Å². The van der Waals surface area contributed by atoms with Crippen LogP contribution >= 0.6 is 23.2 Å². The van der Waals surface area contributed by atoms with Gasteiger partial charge in [0.2, 0.25) is 0 Å². The lowest BCUT2D eigenvalue weighted by atomic mass is 10.1. The Kier molecular flexibility index (Phi) is 3.38. The molecule has 19 heavy (non-hydrogen) atoms. The first kappa shape index (κ1) is 12.8. The van der Waals surface area contributed by atoms with Crippen molar-refractivity contribution in [1.82, 2.24) is 0 Å². The van der Waals surface area contributed by atoms with Crippen LogP contribution in [0.2, 0.25) is 10.0 Å². The van der Waals surface area contributed by atoms with Crippen LogP contribution in [0.1, 0.15) is 23.6 Å². The summed E-state index contributed by atoms with van der Waals surface area (Å²) < 4.78 is 13.2. The summed E-state index contributed by atoms with van der Waals surface area (Å²) in [6.45, 7) is 0. The fraction of sp³-hybridized carbons (Fsp3) is 0.200. The summed E-state index contributed by atoms with van der Waals surface area (Å²) in [7, 11) is 0. The van der Waals surface area contributed by atoms with E-state index in [1.807, 2.05) is 18.2 Å². The van der Waals surface area contributed by atoms with Crippen molar-refractivity contribution in [2.24, 2.45) is 0 Å². The van der Waals surface area contributed by atoms with Gasteiger partial charge in [-0.05, 0) is 48.2 Å². The number of fused-ring (bicyclic) bond motifs is 1. The Morgan fingerprint density at radius 3 is 2.84 bits per heavy atom. The van der Waals surface area contributed by atoms with Crippen LogP contribution in [0.5, 0.6) is 0 Å². The molecule has 0 aromatic heterocycles. The van der Waals surface area contributed by atoms with Crippen LogP contribution in [-0.4, -0.2) is 0 Å². The number of aryl methyl sites for hydroxylation is 1. The van der Waals surface area contributed by atoms with Gasteiger partial charge < -0.3 is 5.32 Å². The van der Waals surface area contributed by atoms with Crippen molar-refractivity contribution < 1.29 is 4.39 Å². The van der Waals surface area contributed by atoms with Crippen LogP contribution in [0.4, 0.5) is 10.1 Å². The van der Waals surface area contributed by atoms with Crippen LogP contribution < -0.4 is 5.32 Å². The molecule has 1 nitrogen and oxygen atoms in total. The second-order valence-electron chi connectivity index (χ2n) is 4.68. The predicted molar refractivity (Wildman–Crippen MR) is 77.5 cm³/mol. The van der Waals surface area contributed by atoms with Crippen molar-refractivity contribution >= 4 is 28.9 Å². The Balaban J connectivity index is 1.89. The van der Waals surface area contributed by atoms with Gasteiger partial charge in [0.05, 0.1) is 21.8 Å². The van der Waals surface area contributed by atoms with E-state index in [2.05, 4.69) is 5.32 Å². The van der Waals surface area contributed by atoms with Gasteiger partial charge >= 0.3 is 0 Å². The molecule has 4 heteroatoms. The lowest BCUT2D eigenvalue weighted by molar-refractivity contribution is 0.626. The van der Waals surface area contributed by atoms with Crippen molar-refractivity contribution in [2.75, 3.05) is 5.32 Å². The zero-order valence-corrected chi connectivity index (χ0v) is 11.6. The van der Waals surface area contributed by atoms with Crippen LogP contribution in [0.25, 0.3) is 0 Å². The summed E-state index contributed by atoms with van der Waals surface area (Å²) in [5.41, 5.74) is 3.02. The maximum absolute atomic E-state index is 13.2. The van der Waals surface area contributed by atoms with E-state index < -0.39 is 0 Å². The van der Waals surface area contributed by atoms with Crippen molar-refractivity contribution in [1.29, 1.82) is 0 Å². The average molecular weight is 296 g/mol. The summed E-state index contributed by atoms with van der Waals surface area (Å²) >= 11 is 12.2. The fourth-order valence-corrected chi connectivity index (χ4v) is 2.89. The zero-order chi connectivity index (χ0) is 13.4. The maximum atomic E-state index is 13.2. The average Bonchev–Trinajstić information content (AvgIpc) is 2.77. The van der Waals surface area contributed by atoms with Gasteiger partial charge in [-0.1, -0.05) is 35.3 Å². The van der Waals surface area contributed by atoms with Crippen molar-refractivity contribution in [3.8, 4) is 0 Å². The highest BCUT2D eigenvalue weighted by Gasteiger charge is 2.23. The van der Waals surface area contributed by atoms with E-state index in [4.69, 9.17) is 23.2 Å². The summed E-state index contributed by atoms with van der Waals surface area (Å²) in [5.74, 6) is -0.180. The van der Waals surface area contributed by atoms with E-state index in [-0.39, 0.29) is 11.9 Å². The second kappa shape index (κ2) is 5.03. The molecule has 2 aromatic rings. The molecular formula is C15H12Cl2FN. The van der Waals surface area contributed by atoms with Crippen LogP contribution in [0, 0.1) is 5.82 Å². The number of hydrogen-bond acceptors (Lipinski definition) is 1. The standard InChI is InChI=1S/C15H12Cl2FN/c16-12-2-1-3-14(15(12)17)19-13-7-4-9-8-10(18)5-6-11(9)13/h1-3,5-6,8,13,19H,4,7H2. The van der Waals surface area contributed by atoms with Crippen LogP contribution in [0.15, 0.2) is 36.4 Å². The first-order chi connectivity index (χ1) is 9.15. The number of benzene rings is 2. The van der Waals surface area contributed by atoms with Gasteiger partial charge in [0.25, 0.3) is 0 Å². The van der Waals surface area contributed by atoms with Gasteiger partial charge in [-0.15, -0.1) is 0 Å². The van der Waals surface area contributed by atoms with E-state index in [1.165, 1.54) is 6.07 Å². The molecule has 1 N–H and O–H groups in total.